The summed E-state index contributed by atoms with van der Waals surface area (Å²) in [4.78, 5) is 13.1. The van der Waals surface area contributed by atoms with Crippen molar-refractivity contribution in [1.29, 1.82) is 0 Å². The number of carbonyl (C=O) groups is 1. The molecule has 7 unspecified atom stereocenters. The Morgan fingerprint density at radius 3 is 1.13 bits per heavy atom. The lowest BCUT2D eigenvalue weighted by molar-refractivity contribution is -0.302. The van der Waals surface area contributed by atoms with Gasteiger partial charge in [0.15, 0.2) is 6.29 Å². The van der Waals surface area contributed by atoms with Crippen LogP contribution in [0.1, 0.15) is 348 Å². The fourth-order valence-corrected chi connectivity index (χ4v) is 11.6. The lowest BCUT2D eigenvalue weighted by Crippen LogP contribution is -2.60. The highest BCUT2D eigenvalue weighted by Gasteiger charge is 2.44. The lowest BCUT2D eigenvalue weighted by atomic mass is 9.99. The van der Waals surface area contributed by atoms with Crippen LogP contribution in [0.25, 0.3) is 0 Å². The molecule has 0 aliphatic carbocycles. The minimum atomic E-state index is -1.57. The summed E-state index contributed by atoms with van der Waals surface area (Å²) in [6.07, 6.45) is 84.6. The van der Waals surface area contributed by atoms with E-state index in [2.05, 4.69) is 79.9 Å². The van der Waals surface area contributed by atoms with Crippen LogP contribution in [0.4, 0.5) is 0 Å². The minimum Gasteiger partial charge on any atom is -0.394 e. The first-order chi connectivity index (χ1) is 41.8. The zero-order valence-electron chi connectivity index (χ0n) is 55.6. The third kappa shape index (κ3) is 53.2. The average Bonchev–Trinajstić information content (AvgIpc) is 3.66. The van der Waals surface area contributed by atoms with Crippen LogP contribution >= 0.6 is 0 Å². The van der Waals surface area contributed by atoms with Crippen molar-refractivity contribution in [2.45, 2.75) is 391 Å². The van der Waals surface area contributed by atoms with Gasteiger partial charge in [0.2, 0.25) is 5.91 Å². The van der Waals surface area contributed by atoms with Crippen LogP contribution < -0.4 is 5.32 Å². The van der Waals surface area contributed by atoms with Gasteiger partial charge < -0.3 is 40.3 Å². The van der Waals surface area contributed by atoms with Crippen molar-refractivity contribution < 1.29 is 39.8 Å². The lowest BCUT2D eigenvalue weighted by Gasteiger charge is -2.40. The molecule has 0 aromatic carbocycles. The third-order valence-corrected chi connectivity index (χ3v) is 17.3. The van der Waals surface area contributed by atoms with Crippen LogP contribution in [0, 0.1) is 0 Å². The van der Waals surface area contributed by atoms with Gasteiger partial charge in [-0.15, -0.1) is 0 Å². The van der Waals surface area contributed by atoms with Crippen molar-refractivity contribution in [2.24, 2.45) is 0 Å². The summed E-state index contributed by atoms with van der Waals surface area (Å²) in [7, 11) is 0. The second-order valence-corrected chi connectivity index (χ2v) is 25.3. The fraction of sp³-hybridized carbons (Fsp3) is 0.829. The van der Waals surface area contributed by atoms with Gasteiger partial charge in [-0.3, -0.25) is 4.79 Å². The van der Waals surface area contributed by atoms with E-state index in [1.54, 1.807) is 6.08 Å². The molecule has 1 rings (SSSR count). The van der Waals surface area contributed by atoms with Crippen LogP contribution in [0.5, 0.6) is 0 Å². The SMILES string of the molecule is CC/C=C\C/C=C\C/C=C\C/C=C\CCCCCCCCCCCCCCCCCCCCCCCCCCCCC(=O)NC(COC1OC(CO)C(O)C(O)C1O)C(O)/C=C/CC/C=C/CCCCCCCCCCCCCCCCCCC. The number of aliphatic hydroxyl groups excluding tert-OH is 5. The predicted molar refractivity (Wildman–Crippen MR) is 364 cm³/mol. The summed E-state index contributed by atoms with van der Waals surface area (Å²) in [5, 5.41) is 54.8. The Labute approximate surface area is 525 Å². The van der Waals surface area contributed by atoms with Crippen molar-refractivity contribution in [3.05, 3.63) is 72.9 Å². The number of unbranched alkanes of at least 4 members (excludes halogenated alkanes) is 44. The Bertz CT molecular complexity index is 1570. The van der Waals surface area contributed by atoms with Crippen molar-refractivity contribution >= 4 is 5.91 Å². The Morgan fingerprint density at radius 2 is 0.741 bits per heavy atom. The number of carbonyl (C=O) groups excluding carboxylic acids is 1. The minimum absolute atomic E-state index is 0.181. The number of hydrogen-bond donors (Lipinski definition) is 6. The first kappa shape index (κ1) is 80.6. The zero-order valence-corrected chi connectivity index (χ0v) is 55.6. The zero-order chi connectivity index (χ0) is 61.4. The molecule has 0 bridgehead atoms. The monoisotopic (exact) mass is 1190 g/mol. The molecule has 0 spiro atoms. The van der Waals surface area contributed by atoms with E-state index in [-0.39, 0.29) is 12.5 Å². The van der Waals surface area contributed by atoms with Gasteiger partial charge in [0.25, 0.3) is 0 Å². The van der Waals surface area contributed by atoms with Crippen LogP contribution in [0.15, 0.2) is 72.9 Å². The maximum Gasteiger partial charge on any atom is 0.220 e. The van der Waals surface area contributed by atoms with E-state index in [1.165, 1.54) is 263 Å². The second-order valence-electron chi connectivity index (χ2n) is 25.3. The van der Waals surface area contributed by atoms with Crippen LogP contribution in [-0.2, 0) is 14.3 Å². The average molecular weight is 1190 g/mol. The molecule has 9 heteroatoms. The summed E-state index contributed by atoms with van der Waals surface area (Å²) in [6, 6.07) is -0.823. The van der Waals surface area contributed by atoms with Gasteiger partial charge in [0.05, 0.1) is 25.4 Å². The third-order valence-electron chi connectivity index (χ3n) is 17.3. The normalized spacial score (nSPS) is 18.5. The predicted octanol–water partition coefficient (Wildman–Crippen LogP) is 20.3. The number of allylic oxidation sites excluding steroid dienone is 11. The van der Waals surface area contributed by atoms with Gasteiger partial charge in [0, 0.05) is 6.42 Å². The second kappa shape index (κ2) is 64.6. The van der Waals surface area contributed by atoms with Crippen molar-refractivity contribution in [1.82, 2.24) is 5.32 Å². The van der Waals surface area contributed by atoms with Gasteiger partial charge >= 0.3 is 0 Å². The molecular weight excluding hydrogens is 1050 g/mol. The number of nitrogens with one attached hydrogen (secondary N) is 1. The molecular formula is C76H139NO8. The largest absolute Gasteiger partial charge is 0.394 e. The number of amides is 1. The van der Waals surface area contributed by atoms with E-state index in [0.717, 1.165) is 64.2 Å². The molecule has 1 saturated heterocycles. The summed E-state index contributed by atoms with van der Waals surface area (Å²) < 4.78 is 11.3. The standard InChI is InChI=1S/C76H139NO8/c1-3-5-7-9-11-13-15-17-19-21-23-25-27-28-29-30-31-32-33-34-35-36-37-38-39-40-41-42-44-46-48-50-52-54-56-58-60-62-64-66-72(80)77-69(68-84-76-75(83)74(82)73(81)71(67-78)85-76)70(79)65-63-61-59-57-55-53-51-49-47-45-43-26-24-22-20-18-16-14-12-10-8-6-4-2/h5,7,11,13,17,19,23,25,55,57,63,65,69-71,73-76,78-79,81-83H,3-4,6,8-10,12,14-16,18,20-22,24,26-54,56,58-62,64,66-68H2,1-2H3,(H,77,80)/b7-5-,13-11-,19-17-,25-23-,57-55+,65-63+. The van der Waals surface area contributed by atoms with Crippen molar-refractivity contribution in [3.63, 3.8) is 0 Å². The van der Waals surface area contributed by atoms with Gasteiger partial charge in [0.1, 0.15) is 24.4 Å². The van der Waals surface area contributed by atoms with Crippen molar-refractivity contribution in [3.8, 4) is 0 Å². The smallest absolute Gasteiger partial charge is 0.220 e. The molecule has 9 nitrogen and oxygen atoms in total. The Kier molecular flexibility index (Phi) is 61.3. The van der Waals surface area contributed by atoms with Gasteiger partial charge in [-0.1, -0.05) is 344 Å². The van der Waals surface area contributed by atoms with E-state index < -0.39 is 49.5 Å². The van der Waals surface area contributed by atoms with E-state index in [0.29, 0.717) is 6.42 Å². The Hall–Kier alpha value is -2.37. The van der Waals surface area contributed by atoms with Crippen molar-refractivity contribution in [2.75, 3.05) is 13.2 Å². The number of aliphatic hydroxyl groups is 5. The number of rotatable bonds is 64. The molecule has 1 heterocycles. The molecule has 0 radical (unpaired) electrons. The molecule has 6 N–H and O–H groups in total. The van der Waals surface area contributed by atoms with Crippen LogP contribution in [0.3, 0.4) is 0 Å². The summed E-state index contributed by atoms with van der Waals surface area (Å²) in [5.74, 6) is -0.181. The first-order valence-corrected chi connectivity index (χ1v) is 36.7. The molecule has 1 amide bonds. The van der Waals surface area contributed by atoms with Gasteiger partial charge in [-0.25, -0.2) is 0 Å². The van der Waals surface area contributed by atoms with Crippen LogP contribution in [0.2, 0.25) is 0 Å². The summed E-state index contributed by atoms with van der Waals surface area (Å²) >= 11 is 0. The fourth-order valence-electron chi connectivity index (χ4n) is 11.6. The molecule has 496 valence electrons. The van der Waals surface area contributed by atoms with Gasteiger partial charge in [-0.05, 0) is 70.6 Å². The molecule has 7 atom stereocenters. The topological polar surface area (TPSA) is 149 Å². The van der Waals surface area contributed by atoms with Crippen LogP contribution in [-0.4, -0.2) is 87.5 Å². The molecule has 0 saturated carbocycles. The molecule has 0 aromatic heterocycles. The summed E-state index contributed by atoms with van der Waals surface area (Å²) in [6.45, 7) is 3.69. The van der Waals surface area contributed by atoms with E-state index in [1.807, 2.05) is 6.08 Å². The number of hydrogen-bond acceptors (Lipinski definition) is 8. The maximum atomic E-state index is 13.1. The number of ether oxygens (including phenoxy) is 2. The van der Waals surface area contributed by atoms with Gasteiger partial charge in [-0.2, -0.15) is 0 Å². The highest BCUT2D eigenvalue weighted by atomic mass is 16.7. The molecule has 1 fully saturated rings. The molecule has 1 aliphatic heterocycles. The Balaban J connectivity index is 2.08. The quantitative estimate of drug-likeness (QED) is 0.0261. The highest BCUT2D eigenvalue weighted by molar-refractivity contribution is 5.76. The van der Waals surface area contributed by atoms with E-state index in [4.69, 9.17) is 9.47 Å². The maximum absolute atomic E-state index is 13.1. The molecule has 1 aliphatic rings. The van der Waals surface area contributed by atoms with E-state index in [9.17, 15) is 30.3 Å². The molecule has 0 aromatic rings. The molecule has 85 heavy (non-hydrogen) atoms. The first-order valence-electron chi connectivity index (χ1n) is 36.7. The Morgan fingerprint density at radius 1 is 0.412 bits per heavy atom. The van der Waals surface area contributed by atoms with E-state index >= 15 is 0 Å². The highest BCUT2D eigenvalue weighted by Crippen LogP contribution is 2.23. The summed E-state index contributed by atoms with van der Waals surface area (Å²) in [5.41, 5.74) is 0.